The standard InChI is InChI=1S/C24H18FNO5/c1-31-19-10-8-14(9-11-19)22(28)20-21(15-4-2-7-18(27)12-15)26(24(30)23(20)29)17-6-3-5-16(25)13-17/h2-13,21,27-28H,1H3/b22-20+. The van der Waals surface area contributed by atoms with Crippen LogP contribution in [0.1, 0.15) is 17.2 Å². The van der Waals surface area contributed by atoms with E-state index < -0.39 is 23.5 Å². The van der Waals surface area contributed by atoms with Crippen LogP contribution in [0.5, 0.6) is 11.5 Å². The van der Waals surface area contributed by atoms with Gasteiger partial charge in [-0.3, -0.25) is 14.5 Å². The fourth-order valence-corrected chi connectivity index (χ4v) is 3.64. The minimum absolute atomic E-state index is 0.0771. The Balaban J connectivity index is 1.94. The van der Waals surface area contributed by atoms with Crippen molar-refractivity contribution in [2.75, 3.05) is 12.0 Å². The Morgan fingerprint density at radius 3 is 2.35 bits per heavy atom. The van der Waals surface area contributed by atoms with Crippen molar-refractivity contribution >= 4 is 23.1 Å². The van der Waals surface area contributed by atoms with Crippen LogP contribution >= 0.6 is 0 Å². The van der Waals surface area contributed by atoms with Crippen LogP contribution in [0.4, 0.5) is 10.1 Å². The van der Waals surface area contributed by atoms with Gasteiger partial charge in [0.2, 0.25) is 0 Å². The Labute approximate surface area is 177 Å². The average molecular weight is 419 g/mol. The summed E-state index contributed by atoms with van der Waals surface area (Å²) in [6, 6.07) is 16.6. The first-order valence-corrected chi connectivity index (χ1v) is 9.40. The molecule has 1 aliphatic heterocycles. The number of hydrogen-bond acceptors (Lipinski definition) is 5. The highest BCUT2D eigenvalue weighted by Gasteiger charge is 2.47. The highest BCUT2D eigenvalue weighted by atomic mass is 19.1. The highest BCUT2D eigenvalue weighted by molar-refractivity contribution is 6.51. The van der Waals surface area contributed by atoms with E-state index >= 15 is 0 Å². The maximum Gasteiger partial charge on any atom is 0.300 e. The third-order valence-corrected chi connectivity index (χ3v) is 5.08. The summed E-state index contributed by atoms with van der Waals surface area (Å²) >= 11 is 0. The molecule has 0 saturated carbocycles. The molecule has 156 valence electrons. The number of carbonyl (C=O) groups excluding carboxylic acids is 2. The molecule has 2 N–H and O–H groups in total. The van der Waals surface area contributed by atoms with E-state index in [-0.39, 0.29) is 22.8 Å². The maximum absolute atomic E-state index is 13.9. The first-order valence-electron chi connectivity index (χ1n) is 9.40. The number of nitrogens with zero attached hydrogens (tertiary/aromatic N) is 1. The van der Waals surface area contributed by atoms with Crippen molar-refractivity contribution in [1.82, 2.24) is 0 Å². The van der Waals surface area contributed by atoms with Crippen LogP contribution in [-0.4, -0.2) is 29.0 Å². The number of carbonyl (C=O) groups is 2. The van der Waals surface area contributed by atoms with Gasteiger partial charge in [0.25, 0.3) is 11.7 Å². The molecule has 4 rings (SSSR count). The maximum atomic E-state index is 13.9. The molecule has 3 aromatic carbocycles. The predicted octanol–water partition coefficient (Wildman–Crippen LogP) is 4.17. The van der Waals surface area contributed by atoms with Crippen LogP contribution in [-0.2, 0) is 9.59 Å². The summed E-state index contributed by atoms with van der Waals surface area (Å²) in [7, 11) is 1.50. The molecule has 7 heteroatoms. The van der Waals surface area contributed by atoms with Crippen molar-refractivity contribution < 1.29 is 28.9 Å². The second-order valence-corrected chi connectivity index (χ2v) is 6.97. The Kier molecular flexibility index (Phi) is 5.17. The molecule has 1 heterocycles. The number of Topliss-reactive ketones (excluding diaryl/α,β-unsaturated/α-hetero) is 1. The van der Waals surface area contributed by atoms with E-state index in [1.807, 2.05) is 0 Å². The lowest BCUT2D eigenvalue weighted by Gasteiger charge is -2.25. The summed E-state index contributed by atoms with van der Waals surface area (Å²) in [4.78, 5) is 27.1. The van der Waals surface area contributed by atoms with Gasteiger partial charge in [-0.05, 0) is 60.2 Å². The predicted molar refractivity (Wildman–Crippen MR) is 112 cm³/mol. The molecule has 0 radical (unpaired) electrons. The quantitative estimate of drug-likeness (QED) is 0.377. The molecule has 0 aliphatic carbocycles. The van der Waals surface area contributed by atoms with Crippen LogP contribution in [0, 0.1) is 5.82 Å². The third-order valence-electron chi connectivity index (χ3n) is 5.08. The molecule has 1 saturated heterocycles. The number of benzene rings is 3. The molecule has 1 atom stereocenters. The van der Waals surface area contributed by atoms with Crippen LogP contribution in [0.25, 0.3) is 5.76 Å². The molecular formula is C24H18FNO5. The number of phenols is 1. The van der Waals surface area contributed by atoms with Gasteiger partial charge in [0.15, 0.2) is 0 Å². The fourth-order valence-electron chi connectivity index (χ4n) is 3.64. The molecule has 3 aromatic rings. The minimum Gasteiger partial charge on any atom is -0.508 e. The molecule has 0 spiro atoms. The van der Waals surface area contributed by atoms with Crippen molar-refractivity contribution in [2.45, 2.75) is 6.04 Å². The van der Waals surface area contributed by atoms with Crippen LogP contribution in [0.2, 0.25) is 0 Å². The van der Waals surface area contributed by atoms with E-state index in [2.05, 4.69) is 0 Å². The lowest BCUT2D eigenvalue weighted by atomic mass is 9.95. The number of phenolic OH excluding ortho intramolecular Hbond substituents is 1. The van der Waals surface area contributed by atoms with E-state index in [1.165, 1.54) is 37.4 Å². The molecule has 1 fully saturated rings. The van der Waals surface area contributed by atoms with Crippen molar-refractivity contribution in [1.29, 1.82) is 0 Å². The van der Waals surface area contributed by atoms with Gasteiger partial charge in [0.05, 0.1) is 18.7 Å². The fraction of sp³-hybridized carbons (Fsp3) is 0.0833. The number of methoxy groups -OCH3 is 1. The van der Waals surface area contributed by atoms with E-state index in [0.29, 0.717) is 16.9 Å². The molecule has 0 bridgehead atoms. The van der Waals surface area contributed by atoms with Gasteiger partial charge in [-0.2, -0.15) is 0 Å². The summed E-state index contributed by atoms with van der Waals surface area (Å²) < 4.78 is 19.0. The van der Waals surface area contributed by atoms with Crippen LogP contribution in [0.15, 0.2) is 78.4 Å². The van der Waals surface area contributed by atoms with Gasteiger partial charge in [0.1, 0.15) is 23.1 Å². The molecular weight excluding hydrogens is 401 g/mol. The zero-order valence-electron chi connectivity index (χ0n) is 16.4. The number of ketones is 1. The highest BCUT2D eigenvalue weighted by Crippen LogP contribution is 2.42. The summed E-state index contributed by atoms with van der Waals surface area (Å²) in [6.45, 7) is 0. The van der Waals surface area contributed by atoms with E-state index in [0.717, 1.165) is 11.0 Å². The average Bonchev–Trinajstić information content (AvgIpc) is 3.04. The van der Waals surface area contributed by atoms with Gasteiger partial charge in [0, 0.05) is 11.3 Å². The first-order chi connectivity index (χ1) is 14.9. The molecule has 1 unspecified atom stereocenters. The number of aliphatic hydroxyl groups excluding tert-OH is 1. The largest absolute Gasteiger partial charge is 0.508 e. The third kappa shape index (κ3) is 3.61. The van der Waals surface area contributed by atoms with Gasteiger partial charge < -0.3 is 14.9 Å². The van der Waals surface area contributed by atoms with Gasteiger partial charge >= 0.3 is 0 Å². The summed E-state index contributed by atoms with van der Waals surface area (Å²) in [5.41, 5.74) is 0.691. The molecule has 0 aromatic heterocycles. The SMILES string of the molecule is COc1ccc(/C(O)=C2\C(=O)C(=O)N(c3cccc(F)c3)C2c2cccc(O)c2)cc1. The van der Waals surface area contributed by atoms with E-state index in [9.17, 15) is 24.2 Å². The zero-order valence-corrected chi connectivity index (χ0v) is 16.4. The van der Waals surface area contributed by atoms with Gasteiger partial charge in [-0.1, -0.05) is 18.2 Å². The van der Waals surface area contributed by atoms with Crippen molar-refractivity contribution in [3.63, 3.8) is 0 Å². The normalized spacial score (nSPS) is 17.7. The van der Waals surface area contributed by atoms with Gasteiger partial charge in [-0.15, -0.1) is 0 Å². The Morgan fingerprint density at radius 2 is 1.71 bits per heavy atom. The molecule has 1 aliphatic rings. The summed E-state index contributed by atoms with van der Waals surface area (Å²) in [5, 5.41) is 21.0. The second-order valence-electron chi connectivity index (χ2n) is 6.97. The molecule has 1 amide bonds. The minimum atomic E-state index is -1.06. The lowest BCUT2D eigenvalue weighted by molar-refractivity contribution is -0.132. The number of hydrogen-bond donors (Lipinski definition) is 2. The first kappa shape index (κ1) is 20.2. The number of aliphatic hydroxyl groups is 1. The lowest BCUT2D eigenvalue weighted by Crippen LogP contribution is -2.29. The number of ether oxygens (including phenoxy) is 1. The number of amides is 1. The van der Waals surface area contributed by atoms with Gasteiger partial charge in [-0.25, -0.2) is 4.39 Å². The Bertz CT molecular complexity index is 1200. The van der Waals surface area contributed by atoms with Crippen molar-refractivity contribution in [2.24, 2.45) is 0 Å². The van der Waals surface area contributed by atoms with Crippen molar-refractivity contribution in [3.8, 4) is 11.5 Å². The molecule has 31 heavy (non-hydrogen) atoms. The van der Waals surface area contributed by atoms with Crippen LogP contribution in [0.3, 0.4) is 0 Å². The Morgan fingerprint density at radius 1 is 1.00 bits per heavy atom. The van der Waals surface area contributed by atoms with E-state index in [4.69, 9.17) is 4.74 Å². The van der Waals surface area contributed by atoms with Crippen molar-refractivity contribution in [3.05, 3.63) is 95.3 Å². The zero-order chi connectivity index (χ0) is 22.1. The Hall–Kier alpha value is -4.13. The topological polar surface area (TPSA) is 87.1 Å². The number of rotatable bonds is 4. The number of halogens is 1. The number of anilines is 1. The monoisotopic (exact) mass is 419 g/mol. The second kappa shape index (κ2) is 7.95. The number of aromatic hydroxyl groups is 1. The summed E-state index contributed by atoms with van der Waals surface area (Å²) in [5.74, 6) is -2.30. The molecule has 6 nitrogen and oxygen atoms in total. The summed E-state index contributed by atoms with van der Waals surface area (Å²) in [6.07, 6.45) is 0. The smallest absolute Gasteiger partial charge is 0.300 e. The van der Waals surface area contributed by atoms with E-state index in [1.54, 1.807) is 36.4 Å². The van der Waals surface area contributed by atoms with Crippen LogP contribution < -0.4 is 9.64 Å².